The van der Waals surface area contributed by atoms with Gasteiger partial charge in [-0.1, -0.05) is 42.5 Å². The van der Waals surface area contributed by atoms with Gasteiger partial charge in [0.25, 0.3) is 0 Å². The van der Waals surface area contributed by atoms with Crippen molar-refractivity contribution >= 4 is 0 Å². The summed E-state index contributed by atoms with van der Waals surface area (Å²) in [5.74, 6) is 0.852. The highest BCUT2D eigenvalue weighted by molar-refractivity contribution is 5.34. The lowest BCUT2D eigenvalue weighted by atomic mass is 10.0. The van der Waals surface area contributed by atoms with Crippen molar-refractivity contribution in [3.05, 3.63) is 65.7 Å². The number of benzene rings is 2. The van der Waals surface area contributed by atoms with Gasteiger partial charge in [0.1, 0.15) is 18.4 Å². The summed E-state index contributed by atoms with van der Waals surface area (Å²) in [6.45, 7) is 2.49. The SMILES string of the molecule is C[N+](C)(C)CCO[C@H](c1ccccc1)c1ccc(OCCCCO)cc1. The number of ether oxygens (including phenoxy) is 2. The van der Waals surface area contributed by atoms with Crippen LogP contribution in [0.25, 0.3) is 0 Å². The standard InChI is InChI=1S/C22H32NO3/c1-23(2,3)15-18-26-22(19-9-5-4-6-10-19)20-11-13-21(14-12-20)25-17-8-7-16-24/h4-6,9-14,22,24H,7-8,15-18H2,1-3H3/q+1/t22-/m1/s1. The van der Waals surface area contributed by atoms with Gasteiger partial charge >= 0.3 is 0 Å². The second-order valence-electron chi connectivity index (χ2n) is 7.52. The van der Waals surface area contributed by atoms with Crippen LogP contribution in [0, 0.1) is 0 Å². The molecule has 1 N–H and O–H groups in total. The van der Waals surface area contributed by atoms with E-state index in [0.717, 1.165) is 40.7 Å². The smallest absolute Gasteiger partial charge is 0.119 e. The molecule has 2 aromatic rings. The number of aliphatic hydroxyl groups excluding tert-OH is 1. The lowest BCUT2D eigenvalue weighted by molar-refractivity contribution is -0.870. The molecule has 2 aromatic carbocycles. The molecule has 0 aromatic heterocycles. The summed E-state index contributed by atoms with van der Waals surface area (Å²) < 4.78 is 12.9. The van der Waals surface area contributed by atoms with Gasteiger partial charge in [-0.2, -0.15) is 0 Å². The van der Waals surface area contributed by atoms with E-state index in [1.165, 1.54) is 0 Å². The van der Waals surface area contributed by atoms with Crippen molar-refractivity contribution < 1.29 is 19.1 Å². The van der Waals surface area contributed by atoms with Crippen molar-refractivity contribution in [1.82, 2.24) is 0 Å². The third kappa shape index (κ3) is 7.16. The zero-order valence-electron chi connectivity index (χ0n) is 16.2. The fourth-order valence-electron chi connectivity index (χ4n) is 2.60. The van der Waals surface area contributed by atoms with Gasteiger partial charge < -0.3 is 19.1 Å². The molecule has 4 heteroatoms. The van der Waals surface area contributed by atoms with Crippen LogP contribution in [0.3, 0.4) is 0 Å². The van der Waals surface area contributed by atoms with Gasteiger partial charge in [-0.3, -0.25) is 0 Å². The molecule has 0 saturated carbocycles. The van der Waals surface area contributed by atoms with Crippen LogP contribution in [0.1, 0.15) is 30.1 Å². The summed E-state index contributed by atoms with van der Waals surface area (Å²) in [6.07, 6.45) is 1.55. The average molecular weight is 359 g/mol. The molecule has 0 aliphatic heterocycles. The summed E-state index contributed by atoms with van der Waals surface area (Å²) in [6, 6.07) is 18.5. The van der Waals surface area contributed by atoms with Crippen molar-refractivity contribution in [3.63, 3.8) is 0 Å². The first-order valence-corrected chi connectivity index (χ1v) is 9.30. The topological polar surface area (TPSA) is 38.7 Å². The molecule has 4 nitrogen and oxygen atoms in total. The number of nitrogens with zero attached hydrogens (tertiary/aromatic N) is 1. The molecule has 0 fully saturated rings. The molecule has 0 radical (unpaired) electrons. The third-order valence-corrected chi connectivity index (χ3v) is 4.15. The molecule has 142 valence electrons. The van der Waals surface area contributed by atoms with Crippen LogP contribution >= 0.6 is 0 Å². The second-order valence-corrected chi connectivity index (χ2v) is 7.52. The van der Waals surface area contributed by atoms with Crippen LogP contribution < -0.4 is 4.74 Å². The zero-order chi connectivity index (χ0) is 18.8. The average Bonchev–Trinajstić information content (AvgIpc) is 2.63. The predicted molar refractivity (Wildman–Crippen MR) is 105 cm³/mol. The normalized spacial score (nSPS) is 12.8. The van der Waals surface area contributed by atoms with E-state index >= 15 is 0 Å². The van der Waals surface area contributed by atoms with Gasteiger partial charge in [0.05, 0.1) is 34.4 Å². The Morgan fingerprint density at radius 3 is 2.12 bits per heavy atom. The van der Waals surface area contributed by atoms with Gasteiger partial charge in [0.15, 0.2) is 0 Å². The number of quaternary nitrogens is 1. The fourth-order valence-corrected chi connectivity index (χ4v) is 2.60. The zero-order valence-corrected chi connectivity index (χ0v) is 16.2. The quantitative estimate of drug-likeness (QED) is 0.492. The van der Waals surface area contributed by atoms with Gasteiger partial charge in [0, 0.05) is 6.61 Å². The van der Waals surface area contributed by atoms with Gasteiger partial charge in [-0.05, 0) is 36.1 Å². The highest BCUT2D eigenvalue weighted by Gasteiger charge is 2.16. The van der Waals surface area contributed by atoms with E-state index in [9.17, 15) is 0 Å². The van der Waals surface area contributed by atoms with Crippen molar-refractivity contribution in [2.75, 3.05) is 47.5 Å². The lowest BCUT2D eigenvalue weighted by Crippen LogP contribution is -2.37. The summed E-state index contributed by atoms with van der Waals surface area (Å²) in [5.41, 5.74) is 2.28. The molecule has 0 amide bonds. The van der Waals surface area contributed by atoms with Gasteiger partial charge in [0.2, 0.25) is 0 Å². The van der Waals surface area contributed by atoms with E-state index in [-0.39, 0.29) is 12.7 Å². The second kappa shape index (κ2) is 10.3. The summed E-state index contributed by atoms with van der Waals surface area (Å²) in [7, 11) is 6.51. The monoisotopic (exact) mass is 358 g/mol. The summed E-state index contributed by atoms with van der Waals surface area (Å²) in [4.78, 5) is 0. The number of likely N-dealkylation sites (N-methyl/N-ethyl adjacent to an activating group) is 1. The van der Waals surface area contributed by atoms with E-state index in [0.29, 0.717) is 13.2 Å². The largest absolute Gasteiger partial charge is 0.494 e. The Kier molecular flexibility index (Phi) is 8.10. The fraction of sp³-hybridized carbons (Fsp3) is 0.455. The molecule has 0 bridgehead atoms. The minimum atomic E-state index is -0.0776. The van der Waals surface area contributed by atoms with Crippen LogP contribution in [-0.2, 0) is 4.74 Å². The van der Waals surface area contributed by atoms with E-state index in [2.05, 4.69) is 45.4 Å². The summed E-state index contributed by atoms with van der Waals surface area (Å²) >= 11 is 0. The molecular weight excluding hydrogens is 326 g/mol. The van der Waals surface area contributed by atoms with Crippen LogP contribution in [0.2, 0.25) is 0 Å². The molecule has 0 aliphatic rings. The molecule has 0 saturated heterocycles. The molecular formula is C22H32NO3+. The Balaban J connectivity index is 2.04. The van der Waals surface area contributed by atoms with Crippen LogP contribution in [0.15, 0.2) is 54.6 Å². The maximum absolute atomic E-state index is 8.82. The van der Waals surface area contributed by atoms with E-state index in [1.807, 2.05) is 30.3 Å². The highest BCUT2D eigenvalue weighted by atomic mass is 16.5. The molecule has 0 aliphatic carbocycles. The predicted octanol–water partition coefficient (Wildman–Crippen LogP) is 3.65. The number of hydrogen-bond donors (Lipinski definition) is 1. The van der Waals surface area contributed by atoms with E-state index in [4.69, 9.17) is 14.6 Å². The number of unbranched alkanes of at least 4 members (excludes halogenated alkanes) is 1. The van der Waals surface area contributed by atoms with Crippen molar-refractivity contribution in [2.24, 2.45) is 0 Å². The maximum Gasteiger partial charge on any atom is 0.119 e. The van der Waals surface area contributed by atoms with E-state index in [1.54, 1.807) is 0 Å². The Hall–Kier alpha value is -1.88. The highest BCUT2D eigenvalue weighted by Crippen LogP contribution is 2.27. The molecule has 26 heavy (non-hydrogen) atoms. The first kappa shape index (κ1) is 20.4. The lowest BCUT2D eigenvalue weighted by Gasteiger charge is -2.26. The molecule has 1 atom stereocenters. The van der Waals surface area contributed by atoms with Crippen LogP contribution in [0.4, 0.5) is 0 Å². The molecule has 0 unspecified atom stereocenters. The Morgan fingerprint density at radius 2 is 1.50 bits per heavy atom. The van der Waals surface area contributed by atoms with Gasteiger partial charge in [-0.15, -0.1) is 0 Å². The van der Waals surface area contributed by atoms with Crippen molar-refractivity contribution in [3.8, 4) is 5.75 Å². The Morgan fingerprint density at radius 1 is 0.846 bits per heavy atom. The Labute approximate surface area is 157 Å². The van der Waals surface area contributed by atoms with Crippen LogP contribution in [0.5, 0.6) is 5.75 Å². The number of rotatable bonds is 11. The number of aliphatic hydroxyl groups is 1. The molecule has 0 heterocycles. The minimum Gasteiger partial charge on any atom is -0.494 e. The first-order valence-electron chi connectivity index (χ1n) is 9.30. The van der Waals surface area contributed by atoms with E-state index < -0.39 is 0 Å². The Bertz CT molecular complexity index is 620. The first-order chi connectivity index (χ1) is 12.5. The minimum absolute atomic E-state index is 0.0776. The maximum atomic E-state index is 8.82. The molecule has 2 rings (SSSR count). The van der Waals surface area contributed by atoms with Gasteiger partial charge in [-0.25, -0.2) is 0 Å². The molecule has 0 spiro atoms. The number of hydrogen-bond acceptors (Lipinski definition) is 3. The van der Waals surface area contributed by atoms with Crippen LogP contribution in [-0.4, -0.2) is 57.1 Å². The van der Waals surface area contributed by atoms with Crippen molar-refractivity contribution in [1.29, 1.82) is 0 Å². The third-order valence-electron chi connectivity index (χ3n) is 4.15. The summed E-state index contributed by atoms with van der Waals surface area (Å²) in [5, 5.41) is 8.82. The van der Waals surface area contributed by atoms with Crippen molar-refractivity contribution in [2.45, 2.75) is 18.9 Å².